The van der Waals surface area contributed by atoms with Crippen LogP contribution in [0, 0.1) is 13.8 Å². The Morgan fingerprint density at radius 3 is 2.65 bits per heavy atom. The van der Waals surface area contributed by atoms with Crippen LogP contribution in [0.2, 0.25) is 0 Å². The normalized spacial score (nSPS) is 10.7. The van der Waals surface area contributed by atoms with Crippen LogP contribution in [0.15, 0.2) is 22.7 Å². The van der Waals surface area contributed by atoms with E-state index in [1.165, 1.54) is 5.56 Å². The number of methoxy groups -OCH3 is 1. The van der Waals surface area contributed by atoms with Gasteiger partial charge in [-0.2, -0.15) is 0 Å². The van der Waals surface area contributed by atoms with Gasteiger partial charge < -0.3 is 10.1 Å². The summed E-state index contributed by atoms with van der Waals surface area (Å²) in [4.78, 5) is 9.20. The van der Waals surface area contributed by atoms with Gasteiger partial charge in [0, 0.05) is 19.7 Å². The summed E-state index contributed by atoms with van der Waals surface area (Å²) in [6, 6.07) is 6.28. The Bertz CT molecular complexity index is 629. The van der Waals surface area contributed by atoms with E-state index >= 15 is 0 Å². The molecule has 0 radical (unpaired) electrons. The first-order valence-corrected chi connectivity index (χ1v) is 7.16. The summed E-state index contributed by atoms with van der Waals surface area (Å²) >= 11 is 3.51. The minimum atomic E-state index is 0.440. The number of hydrogen-bond donors (Lipinski definition) is 1. The Morgan fingerprint density at radius 1 is 1.25 bits per heavy atom. The van der Waals surface area contributed by atoms with Gasteiger partial charge in [-0.1, -0.05) is 17.7 Å². The lowest BCUT2D eigenvalue weighted by Gasteiger charge is -2.12. The molecule has 0 atom stereocenters. The van der Waals surface area contributed by atoms with Crippen molar-refractivity contribution in [2.75, 3.05) is 19.5 Å². The molecule has 2 rings (SSSR count). The first-order valence-electron chi connectivity index (χ1n) is 6.37. The molecule has 1 heterocycles. The monoisotopic (exact) mass is 335 g/mol. The maximum Gasteiger partial charge on any atom is 0.162 e. The molecule has 0 fully saturated rings. The Morgan fingerprint density at radius 2 is 2.00 bits per heavy atom. The number of nitrogens with zero attached hydrogens (tertiary/aromatic N) is 2. The SMILES string of the molecule is CNc1nc(-c2cc(C)ccc2C)nc(COC)c1Br. The largest absolute Gasteiger partial charge is 0.378 e. The maximum absolute atomic E-state index is 5.20. The lowest BCUT2D eigenvalue weighted by Crippen LogP contribution is -2.05. The smallest absolute Gasteiger partial charge is 0.162 e. The number of hydrogen-bond acceptors (Lipinski definition) is 4. The first-order chi connectivity index (χ1) is 9.56. The summed E-state index contributed by atoms with van der Waals surface area (Å²) in [6.07, 6.45) is 0. The summed E-state index contributed by atoms with van der Waals surface area (Å²) in [5, 5.41) is 3.08. The van der Waals surface area contributed by atoms with Gasteiger partial charge in [-0.3, -0.25) is 0 Å². The third kappa shape index (κ3) is 2.99. The Balaban J connectivity index is 2.61. The van der Waals surface area contributed by atoms with Crippen LogP contribution in [0.1, 0.15) is 16.8 Å². The van der Waals surface area contributed by atoms with Gasteiger partial charge in [0.25, 0.3) is 0 Å². The average Bonchev–Trinajstić information content (AvgIpc) is 2.44. The molecule has 0 saturated carbocycles. The zero-order valence-corrected chi connectivity index (χ0v) is 13.7. The van der Waals surface area contributed by atoms with Crippen LogP contribution >= 0.6 is 15.9 Å². The fourth-order valence-electron chi connectivity index (χ4n) is 1.99. The molecule has 0 bridgehead atoms. The number of aryl methyl sites for hydroxylation is 2. The van der Waals surface area contributed by atoms with E-state index in [1.807, 2.05) is 7.05 Å². The predicted molar refractivity (Wildman–Crippen MR) is 84.9 cm³/mol. The fourth-order valence-corrected chi connectivity index (χ4v) is 2.48. The second-order valence-electron chi connectivity index (χ2n) is 4.66. The van der Waals surface area contributed by atoms with Gasteiger partial charge in [-0.05, 0) is 41.4 Å². The van der Waals surface area contributed by atoms with E-state index in [4.69, 9.17) is 4.74 Å². The highest BCUT2D eigenvalue weighted by Crippen LogP contribution is 2.29. The predicted octanol–water partition coefficient (Wildman–Crippen LogP) is 3.71. The second-order valence-corrected chi connectivity index (χ2v) is 5.45. The maximum atomic E-state index is 5.20. The summed E-state index contributed by atoms with van der Waals surface area (Å²) in [5.74, 6) is 1.48. The number of anilines is 1. The molecule has 1 aromatic heterocycles. The van der Waals surface area contributed by atoms with E-state index < -0.39 is 0 Å². The quantitative estimate of drug-likeness (QED) is 0.925. The molecule has 1 aromatic carbocycles. The van der Waals surface area contributed by atoms with Crippen molar-refractivity contribution in [1.82, 2.24) is 9.97 Å². The van der Waals surface area contributed by atoms with E-state index in [0.717, 1.165) is 27.1 Å². The molecule has 106 valence electrons. The van der Waals surface area contributed by atoms with Crippen molar-refractivity contribution in [1.29, 1.82) is 0 Å². The van der Waals surface area contributed by atoms with Crippen molar-refractivity contribution in [3.63, 3.8) is 0 Å². The molecule has 0 amide bonds. The van der Waals surface area contributed by atoms with Gasteiger partial charge >= 0.3 is 0 Å². The molecule has 2 aromatic rings. The summed E-state index contributed by atoms with van der Waals surface area (Å²) < 4.78 is 6.05. The third-order valence-corrected chi connectivity index (χ3v) is 3.90. The number of halogens is 1. The number of benzene rings is 1. The van der Waals surface area contributed by atoms with E-state index in [-0.39, 0.29) is 0 Å². The molecule has 0 unspecified atom stereocenters. The lowest BCUT2D eigenvalue weighted by molar-refractivity contribution is 0.181. The van der Waals surface area contributed by atoms with Gasteiger partial charge in [0.1, 0.15) is 5.82 Å². The van der Waals surface area contributed by atoms with Crippen LogP contribution in [0.25, 0.3) is 11.4 Å². The number of aromatic nitrogens is 2. The molecule has 4 nitrogen and oxygen atoms in total. The van der Waals surface area contributed by atoms with Gasteiger partial charge in [0.15, 0.2) is 5.82 Å². The van der Waals surface area contributed by atoms with E-state index in [0.29, 0.717) is 12.4 Å². The third-order valence-electron chi connectivity index (χ3n) is 3.07. The van der Waals surface area contributed by atoms with Crippen molar-refractivity contribution >= 4 is 21.7 Å². The average molecular weight is 336 g/mol. The molecule has 1 N–H and O–H groups in total. The van der Waals surface area contributed by atoms with Crippen molar-refractivity contribution in [2.24, 2.45) is 0 Å². The van der Waals surface area contributed by atoms with Gasteiger partial charge in [0.2, 0.25) is 0 Å². The Kier molecular flexibility index (Phi) is 4.73. The molecule has 0 spiro atoms. The molecular weight excluding hydrogens is 318 g/mol. The zero-order chi connectivity index (χ0) is 14.7. The van der Waals surface area contributed by atoms with E-state index in [1.54, 1.807) is 7.11 Å². The number of nitrogens with one attached hydrogen (secondary N) is 1. The van der Waals surface area contributed by atoms with Crippen molar-refractivity contribution in [3.05, 3.63) is 39.5 Å². The van der Waals surface area contributed by atoms with Gasteiger partial charge in [-0.15, -0.1) is 0 Å². The Labute approximate surface area is 127 Å². The highest BCUT2D eigenvalue weighted by molar-refractivity contribution is 9.10. The van der Waals surface area contributed by atoms with Crippen LogP contribution < -0.4 is 5.32 Å². The van der Waals surface area contributed by atoms with Crippen molar-refractivity contribution < 1.29 is 4.74 Å². The summed E-state index contributed by atoms with van der Waals surface area (Å²) in [7, 11) is 3.50. The minimum absolute atomic E-state index is 0.440. The van der Waals surface area contributed by atoms with E-state index in [2.05, 4.69) is 63.3 Å². The number of ether oxygens (including phenoxy) is 1. The summed E-state index contributed by atoms with van der Waals surface area (Å²) in [5.41, 5.74) is 4.23. The fraction of sp³-hybridized carbons (Fsp3) is 0.333. The minimum Gasteiger partial charge on any atom is -0.378 e. The van der Waals surface area contributed by atoms with E-state index in [9.17, 15) is 0 Å². The van der Waals surface area contributed by atoms with Gasteiger partial charge in [-0.25, -0.2) is 9.97 Å². The van der Waals surface area contributed by atoms with Crippen molar-refractivity contribution in [2.45, 2.75) is 20.5 Å². The van der Waals surface area contributed by atoms with Gasteiger partial charge in [0.05, 0.1) is 16.8 Å². The zero-order valence-electron chi connectivity index (χ0n) is 12.1. The van der Waals surface area contributed by atoms with Crippen LogP contribution in [0.3, 0.4) is 0 Å². The molecule has 0 aliphatic rings. The number of rotatable bonds is 4. The second kappa shape index (κ2) is 6.33. The van der Waals surface area contributed by atoms with Crippen LogP contribution in [-0.4, -0.2) is 24.1 Å². The van der Waals surface area contributed by atoms with Crippen LogP contribution in [0.4, 0.5) is 5.82 Å². The highest BCUT2D eigenvalue weighted by Gasteiger charge is 2.14. The topological polar surface area (TPSA) is 47.0 Å². The molecular formula is C15H18BrN3O. The highest BCUT2D eigenvalue weighted by atomic mass is 79.9. The first kappa shape index (κ1) is 14.9. The lowest BCUT2D eigenvalue weighted by atomic mass is 10.1. The van der Waals surface area contributed by atoms with Crippen molar-refractivity contribution in [3.8, 4) is 11.4 Å². The standard InChI is InChI=1S/C15H18BrN3O/c1-9-5-6-10(2)11(7-9)14-18-12(8-20-4)13(16)15(17-3)19-14/h5-7H,8H2,1-4H3,(H,17,18,19). The van der Waals surface area contributed by atoms with Crippen LogP contribution in [-0.2, 0) is 11.3 Å². The molecule has 0 aliphatic heterocycles. The molecule has 20 heavy (non-hydrogen) atoms. The Hall–Kier alpha value is -1.46. The molecule has 0 saturated heterocycles. The molecule has 0 aliphatic carbocycles. The van der Waals surface area contributed by atoms with Crippen LogP contribution in [0.5, 0.6) is 0 Å². The molecule has 5 heteroatoms. The summed E-state index contributed by atoms with van der Waals surface area (Å²) in [6.45, 7) is 4.57.